The van der Waals surface area contributed by atoms with Crippen molar-refractivity contribution in [3.63, 3.8) is 0 Å². The maximum Gasteiger partial charge on any atom is 0.301 e. The second kappa shape index (κ2) is 11.8. The molecule has 5 rings (SSSR count). The SMILES string of the molecule is CCCCCOc1ccc(C2/C(=C(\O)c3c(C)nc4ccccn34)C(=O)C(=O)N2c2nc(C)c(C(C)=O)s2)cc1OC. The number of fused-ring (bicyclic) bond motifs is 1. The number of unbranched alkanes of at least 4 members (excludes halogenated alkanes) is 2. The van der Waals surface area contributed by atoms with Crippen molar-refractivity contribution in [1.82, 2.24) is 14.4 Å². The Hall–Kier alpha value is -4.51. The molecule has 0 saturated carbocycles. The van der Waals surface area contributed by atoms with Crippen LogP contribution in [-0.2, 0) is 9.59 Å². The number of methoxy groups -OCH3 is 1. The smallest absolute Gasteiger partial charge is 0.301 e. The second-order valence-corrected chi connectivity index (χ2v) is 11.1. The zero-order chi connectivity index (χ0) is 30.1. The van der Waals surface area contributed by atoms with E-state index in [2.05, 4.69) is 16.9 Å². The number of hydrogen-bond donors (Lipinski definition) is 1. The third-order valence-electron chi connectivity index (χ3n) is 7.19. The number of ether oxygens (including phenoxy) is 2. The van der Waals surface area contributed by atoms with Crippen LogP contribution in [0.15, 0.2) is 48.2 Å². The van der Waals surface area contributed by atoms with Gasteiger partial charge in [-0.2, -0.15) is 0 Å². The molecule has 0 aliphatic carbocycles. The Morgan fingerprint density at radius 1 is 1.07 bits per heavy atom. The minimum atomic E-state index is -1.06. The van der Waals surface area contributed by atoms with Crippen LogP contribution in [0.25, 0.3) is 11.4 Å². The average molecular weight is 589 g/mol. The lowest BCUT2D eigenvalue weighted by atomic mass is 9.96. The van der Waals surface area contributed by atoms with Crippen molar-refractivity contribution >= 4 is 45.3 Å². The molecule has 0 bridgehead atoms. The first-order chi connectivity index (χ1) is 20.2. The van der Waals surface area contributed by atoms with Gasteiger partial charge in [0.05, 0.1) is 41.6 Å². The molecule has 4 aromatic rings. The molecule has 1 N–H and O–H groups in total. The van der Waals surface area contributed by atoms with Gasteiger partial charge in [-0.15, -0.1) is 0 Å². The van der Waals surface area contributed by atoms with E-state index in [-0.39, 0.29) is 22.2 Å². The molecule has 1 aliphatic rings. The lowest BCUT2D eigenvalue weighted by molar-refractivity contribution is -0.132. The highest BCUT2D eigenvalue weighted by molar-refractivity contribution is 7.18. The van der Waals surface area contributed by atoms with Crippen LogP contribution in [0.5, 0.6) is 11.5 Å². The molecular formula is C31H32N4O6S. The fraction of sp³-hybridized carbons (Fsp3) is 0.323. The van der Waals surface area contributed by atoms with Crippen molar-refractivity contribution in [2.24, 2.45) is 0 Å². The summed E-state index contributed by atoms with van der Waals surface area (Å²) >= 11 is 1.03. The van der Waals surface area contributed by atoms with Crippen molar-refractivity contribution in [3.8, 4) is 11.5 Å². The molecule has 1 atom stereocenters. The molecule has 3 aromatic heterocycles. The predicted molar refractivity (Wildman–Crippen MR) is 160 cm³/mol. The Morgan fingerprint density at radius 2 is 1.86 bits per heavy atom. The van der Waals surface area contributed by atoms with Gasteiger partial charge in [-0.05, 0) is 50.1 Å². The zero-order valence-corrected chi connectivity index (χ0v) is 24.9. The fourth-order valence-corrected chi connectivity index (χ4v) is 6.18. The summed E-state index contributed by atoms with van der Waals surface area (Å²) in [5.74, 6) is -1.36. The number of thiazole rings is 1. The number of carbonyl (C=O) groups excluding carboxylic acids is 3. The Kier molecular flexibility index (Phi) is 8.13. The molecule has 4 heterocycles. The number of Topliss-reactive ketones (excluding diaryl/α,β-unsaturated/α-hetero) is 2. The summed E-state index contributed by atoms with van der Waals surface area (Å²) in [5.41, 5.74) is 2.20. The van der Waals surface area contributed by atoms with Crippen LogP contribution in [0.1, 0.15) is 71.5 Å². The third-order valence-corrected chi connectivity index (χ3v) is 8.45. The molecule has 0 radical (unpaired) electrons. The topological polar surface area (TPSA) is 123 Å². The molecule has 1 amide bonds. The van der Waals surface area contributed by atoms with E-state index in [1.165, 1.54) is 18.9 Å². The van der Waals surface area contributed by atoms with Gasteiger partial charge in [0.2, 0.25) is 0 Å². The quantitative estimate of drug-likeness (QED) is 0.0809. The number of amides is 1. The van der Waals surface area contributed by atoms with Crippen LogP contribution >= 0.6 is 11.3 Å². The number of imidazole rings is 1. The normalized spacial score (nSPS) is 16.4. The van der Waals surface area contributed by atoms with E-state index in [9.17, 15) is 19.5 Å². The summed E-state index contributed by atoms with van der Waals surface area (Å²) in [6.45, 7) is 7.46. The van der Waals surface area contributed by atoms with Crippen molar-refractivity contribution in [2.75, 3.05) is 18.6 Å². The number of ketones is 2. The summed E-state index contributed by atoms with van der Waals surface area (Å²) in [6, 6.07) is 9.49. The minimum absolute atomic E-state index is 0.121. The van der Waals surface area contributed by atoms with E-state index in [0.717, 1.165) is 30.6 Å². The van der Waals surface area contributed by atoms with Crippen LogP contribution < -0.4 is 14.4 Å². The summed E-state index contributed by atoms with van der Waals surface area (Å²) in [6.07, 6.45) is 4.72. The molecule has 1 aromatic carbocycles. The number of carbonyl (C=O) groups is 3. The number of aromatic nitrogens is 3. The predicted octanol–water partition coefficient (Wildman–Crippen LogP) is 5.81. The third kappa shape index (κ3) is 5.04. The van der Waals surface area contributed by atoms with Gasteiger partial charge >= 0.3 is 5.91 Å². The van der Waals surface area contributed by atoms with Crippen molar-refractivity contribution in [3.05, 3.63) is 75.7 Å². The number of nitrogens with zero attached hydrogens (tertiary/aromatic N) is 4. The van der Waals surface area contributed by atoms with E-state index in [1.807, 2.05) is 6.07 Å². The highest BCUT2D eigenvalue weighted by Crippen LogP contribution is 2.45. The van der Waals surface area contributed by atoms with Crippen molar-refractivity contribution in [1.29, 1.82) is 0 Å². The Balaban J connectivity index is 1.70. The van der Waals surface area contributed by atoms with E-state index < -0.39 is 17.7 Å². The van der Waals surface area contributed by atoms with Gasteiger partial charge in [0.1, 0.15) is 11.3 Å². The molecule has 218 valence electrons. The Labute approximate surface area is 247 Å². The van der Waals surface area contributed by atoms with E-state index >= 15 is 0 Å². The zero-order valence-electron chi connectivity index (χ0n) is 24.1. The molecule has 1 fully saturated rings. The van der Waals surface area contributed by atoms with Gasteiger partial charge in [0.15, 0.2) is 28.2 Å². The van der Waals surface area contributed by atoms with E-state index in [0.29, 0.717) is 51.3 Å². The Bertz CT molecular complexity index is 1740. The number of pyridine rings is 1. The first-order valence-electron chi connectivity index (χ1n) is 13.7. The molecular weight excluding hydrogens is 556 g/mol. The lowest BCUT2D eigenvalue weighted by Gasteiger charge is -2.24. The summed E-state index contributed by atoms with van der Waals surface area (Å²) in [5, 5.41) is 11.9. The highest BCUT2D eigenvalue weighted by atomic mass is 32.1. The van der Waals surface area contributed by atoms with E-state index in [4.69, 9.17) is 9.47 Å². The number of aliphatic hydroxyl groups excluding tert-OH is 1. The van der Waals surface area contributed by atoms with Gasteiger partial charge in [-0.3, -0.25) is 23.7 Å². The average Bonchev–Trinajstić information content (AvgIpc) is 3.61. The van der Waals surface area contributed by atoms with Gasteiger partial charge in [0.25, 0.3) is 5.78 Å². The van der Waals surface area contributed by atoms with E-state index in [1.54, 1.807) is 54.8 Å². The number of benzene rings is 1. The van der Waals surface area contributed by atoms with Crippen LogP contribution in [-0.4, -0.2) is 50.7 Å². The number of rotatable bonds is 10. The minimum Gasteiger partial charge on any atom is -0.505 e. The molecule has 1 unspecified atom stereocenters. The van der Waals surface area contributed by atoms with Crippen LogP contribution in [0, 0.1) is 13.8 Å². The number of anilines is 1. The summed E-state index contributed by atoms with van der Waals surface area (Å²) in [4.78, 5) is 50.3. The van der Waals surface area contributed by atoms with Gasteiger partial charge in [0, 0.05) is 13.1 Å². The van der Waals surface area contributed by atoms with Gasteiger partial charge in [-0.25, -0.2) is 9.97 Å². The van der Waals surface area contributed by atoms with Crippen LogP contribution in [0.4, 0.5) is 5.13 Å². The second-order valence-electron chi connectivity index (χ2n) is 10.1. The molecule has 0 spiro atoms. The molecule has 10 nitrogen and oxygen atoms in total. The maximum absolute atomic E-state index is 13.7. The Morgan fingerprint density at radius 3 is 2.55 bits per heavy atom. The monoisotopic (exact) mass is 588 g/mol. The van der Waals surface area contributed by atoms with Crippen LogP contribution in [0.2, 0.25) is 0 Å². The standard InChI is InChI=1S/C31H32N4O6S/c1-6-7-10-15-41-21-13-12-20(16-22(21)40-5)26-24(27(37)25-17(2)32-23-11-8-9-14-34(23)25)28(38)30(39)35(26)31-33-18(3)29(42-31)19(4)36/h8-9,11-14,16,26,37H,6-7,10,15H2,1-5H3/b27-24+. The first-order valence-corrected chi connectivity index (χ1v) is 14.5. The van der Waals surface area contributed by atoms with Crippen molar-refractivity contribution in [2.45, 2.75) is 53.0 Å². The number of aryl methyl sites for hydroxylation is 2. The fourth-order valence-electron chi connectivity index (χ4n) is 5.19. The maximum atomic E-state index is 13.7. The molecule has 1 aliphatic heterocycles. The highest BCUT2D eigenvalue weighted by Gasteiger charge is 2.49. The summed E-state index contributed by atoms with van der Waals surface area (Å²) in [7, 11) is 1.51. The molecule has 1 saturated heterocycles. The number of hydrogen-bond acceptors (Lipinski definition) is 9. The van der Waals surface area contributed by atoms with Gasteiger partial charge in [-0.1, -0.05) is 43.2 Å². The molecule has 42 heavy (non-hydrogen) atoms. The summed E-state index contributed by atoms with van der Waals surface area (Å²) < 4.78 is 13.3. The lowest BCUT2D eigenvalue weighted by Crippen LogP contribution is -2.29. The van der Waals surface area contributed by atoms with Crippen LogP contribution in [0.3, 0.4) is 0 Å². The van der Waals surface area contributed by atoms with Crippen molar-refractivity contribution < 1.29 is 29.0 Å². The number of aliphatic hydroxyl groups is 1. The van der Waals surface area contributed by atoms with Gasteiger partial charge < -0.3 is 14.6 Å². The molecule has 11 heteroatoms. The first kappa shape index (κ1) is 29.0. The largest absolute Gasteiger partial charge is 0.505 e.